The molecule has 0 aromatic rings. The molecule has 0 aliphatic carbocycles. The van der Waals surface area contributed by atoms with Gasteiger partial charge in [-0.2, -0.15) is 11.8 Å². The van der Waals surface area contributed by atoms with Crippen molar-refractivity contribution in [2.75, 3.05) is 11.5 Å². The summed E-state index contributed by atoms with van der Waals surface area (Å²) in [7, 11) is -0.901. The average Bonchev–Trinajstić information content (AvgIpc) is 2.51. The summed E-state index contributed by atoms with van der Waals surface area (Å²) in [5.41, 5.74) is -0.254. The minimum atomic E-state index is -0.901. The Morgan fingerprint density at radius 1 is 0.833 bits per heavy atom. The van der Waals surface area contributed by atoms with Crippen LogP contribution in [0.1, 0.15) is 96.4 Å². The molecule has 0 amide bonds. The molecule has 180 valence electrons. The van der Waals surface area contributed by atoms with Gasteiger partial charge in [0.1, 0.15) is 0 Å². The van der Waals surface area contributed by atoms with Crippen molar-refractivity contribution in [3.05, 3.63) is 0 Å². The van der Waals surface area contributed by atoms with Gasteiger partial charge in [-0.25, -0.2) is 9.34 Å². The lowest BCUT2D eigenvalue weighted by molar-refractivity contribution is -0.110. The standard InChI is InChI=1S/C23H49N2O2PS2/c1-14-21(26)30-23(12,13)16-29-15-22(10,11)27-28(24(17(2)3)18(4)5)25(19(6)7)20(8)9/h17-20H,14-16H2,1-13H3. The molecule has 0 aliphatic heterocycles. The van der Waals surface area contributed by atoms with Crippen LogP contribution in [0.15, 0.2) is 0 Å². The van der Waals surface area contributed by atoms with Crippen LogP contribution in [0.25, 0.3) is 0 Å². The van der Waals surface area contributed by atoms with Gasteiger partial charge in [-0.15, -0.1) is 0 Å². The molecule has 30 heavy (non-hydrogen) atoms. The van der Waals surface area contributed by atoms with Crippen LogP contribution in [0.2, 0.25) is 0 Å². The fourth-order valence-electron chi connectivity index (χ4n) is 3.40. The lowest BCUT2D eigenvalue weighted by Crippen LogP contribution is -2.45. The van der Waals surface area contributed by atoms with Crippen LogP contribution < -0.4 is 0 Å². The van der Waals surface area contributed by atoms with E-state index in [0.717, 1.165) is 11.5 Å². The number of carbonyl (C=O) groups excluding carboxylic acids is 1. The maximum Gasteiger partial charge on any atom is 0.189 e. The highest BCUT2D eigenvalue weighted by Crippen LogP contribution is 2.53. The van der Waals surface area contributed by atoms with E-state index in [1.54, 1.807) is 0 Å². The lowest BCUT2D eigenvalue weighted by Gasteiger charge is -2.48. The molecule has 0 atom stereocenters. The first-order valence-electron chi connectivity index (χ1n) is 11.4. The Bertz CT molecular complexity index is 475. The van der Waals surface area contributed by atoms with Crippen LogP contribution in [0.5, 0.6) is 0 Å². The van der Waals surface area contributed by atoms with Gasteiger partial charge in [0, 0.05) is 46.8 Å². The molecule has 0 N–H and O–H groups in total. The quantitative estimate of drug-likeness (QED) is 0.240. The van der Waals surface area contributed by atoms with E-state index in [1.807, 2.05) is 18.7 Å². The van der Waals surface area contributed by atoms with E-state index >= 15 is 0 Å². The van der Waals surface area contributed by atoms with Crippen molar-refractivity contribution in [1.82, 2.24) is 9.34 Å². The maximum atomic E-state index is 11.9. The molecule has 0 saturated carbocycles. The highest BCUT2D eigenvalue weighted by molar-refractivity contribution is 8.15. The van der Waals surface area contributed by atoms with Crippen LogP contribution in [-0.4, -0.2) is 60.5 Å². The third kappa shape index (κ3) is 11.0. The van der Waals surface area contributed by atoms with E-state index < -0.39 is 8.45 Å². The van der Waals surface area contributed by atoms with Crippen molar-refractivity contribution in [3.63, 3.8) is 0 Å². The van der Waals surface area contributed by atoms with Gasteiger partial charge < -0.3 is 4.52 Å². The third-order valence-corrected chi connectivity index (χ3v) is 10.9. The Morgan fingerprint density at radius 2 is 1.23 bits per heavy atom. The second-order valence-electron chi connectivity index (χ2n) is 10.3. The predicted molar refractivity (Wildman–Crippen MR) is 141 cm³/mol. The van der Waals surface area contributed by atoms with Gasteiger partial charge in [-0.1, -0.05) is 18.7 Å². The van der Waals surface area contributed by atoms with Gasteiger partial charge in [0.15, 0.2) is 13.6 Å². The van der Waals surface area contributed by atoms with Crippen LogP contribution in [0, 0.1) is 0 Å². The normalized spacial score (nSPS) is 13.9. The highest BCUT2D eigenvalue weighted by atomic mass is 32.2. The largest absolute Gasteiger partial charge is 0.324 e. The Kier molecular flexibility index (Phi) is 13.7. The van der Waals surface area contributed by atoms with Crippen LogP contribution in [0.3, 0.4) is 0 Å². The molecular weight excluding hydrogens is 431 g/mol. The van der Waals surface area contributed by atoms with Crippen molar-refractivity contribution in [1.29, 1.82) is 0 Å². The number of hydrogen-bond donors (Lipinski definition) is 0. The molecule has 7 heteroatoms. The van der Waals surface area contributed by atoms with Crippen molar-refractivity contribution < 1.29 is 9.32 Å². The number of hydrogen-bond acceptors (Lipinski definition) is 6. The second kappa shape index (κ2) is 13.4. The molecule has 0 saturated heterocycles. The molecule has 0 heterocycles. The Labute approximate surface area is 198 Å². The summed E-state index contributed by atoms with van der Waals surface area (Å²) >= 11 is 3.37. The van der Waals surface area contributed by atoms with Gasteiger partial charge in [0.25, 0.3) is 0 Å². The summed E-state index contributed by atoms with van der Waals surface area (Å²) in [5, 5.41) is 0.272. The van der Waals surface area contributed by atoms with Crippen LogP contribution in [-0.2, 0) is 9.32 Å². The topological polar surface area (TPSA) is 32.8 Å². The number of carbonyl (C=O) groups is 1. The molecule has 0 radical (unpaired) electrons. The number of rotatable bonds is 14. The first-order valence-corrected chi connectivity index (χ1v) is 14.5. The fourth-order valence-corrected chi connectivity index (χ4v) is 8.39. The SMILES string of the molecule is CCC(=O)SC(C)(C)CSCC(C)(C)OP(N(C(C)C)C(C)C)N(C(C)C)C(C)C. The van der Waals surface area contributed by atoms with Gasteiger partial charge in [0.05, 0.1) is 5.60 Å². The molecule has 0 aliphatic rings. The zero-order valence-corrected chi connectivity index (χ0v) is 24.4. The average molecular weight is 481 g/mol. The maximum absolute atomic E-state index is 11.9. The Balaban J connectivity index is 5.42. The molecular formula is C23H49N2O2PS2. The highest BCUT2D eigenvalue weighted by Gasteiger charge is 2.38. The summed E-state index contributed by atoms with van der Waals surface area (Å²) < 4.78 is 12.0. The van der Waals surface area contributed by atoms with E-state index in [0.29, 0.717) is 30.6 Å². The van der Waals surface area contributed by atoms with E-state index in [1.165, 1.54) is 11.8 Å². The van der Waals surface area contributed by atoms with Crippen molar-refractivity contribution in [3.8, 4) is 0 Å². The summed E-state index contributed by atoms with van der Waals surface area (Å²) in [6, 6.07) is 1.65. The number of nitrogens with zero attached hydrogens (tertiary/aromatic N) is 2. The molecule has 0 spiro atoms. The first kappa shape index (κ1) is 30.7. The summed E-state index contributed by atoms with van der Waals surface area (Å²) in [5.74, 6) is 1.84. The van der Waals surface area contributed by atoms with E-state index in [2.05, 4.69) is 92.4 Å². The molecule has 0 rings (SSSR count). The fraction of sp³-hybridized carbons (Fsp3) is 0.957. The first-order chi connectivity index (χ1) is 13.5. The Hall–Kier alpha value is 0.680. The zero-order chi connectivity index (χ0) is 23.9. The molecule has 0 fully saturated rings. The molecule has 0 bridgehead atoms. The van der Waals surface area contributed by atoms with Crippen molar-refractivity contribution >= 4 is 37.1 Å². The minimum absolute atomic E-state index is 0.0532. The van der Waals surface area contributed by atoms with Gasteiger partial charge in [0.2, 0.25) is 0 Å². The number of thioether (sulfide) groups is 2. The van der Waals surface area contributed by atoms with E-state index in [-0.39, 0.29) is 15.5 Å². The lowest BCUT2D eigenvalue weighted by atomic mass is 10.2. The third-order valence-electron chi connectivity index (χ3n) is 4.42. The second-order valence-corrected chi connectivity index (χ2v) is 14.7. The van der Waals surface area contributed by atoms with Crippen LogP contribution >= 0.6 is 32.0 Å². The predicted octanol–water partition coefficient (Wildman–Crippen LogP) is 7.43. The van der Waals surface area contributed by atoms with Crippen LogP contribution in [0.4, 0.5) is 0 Å². The Morgan fingerprint density at radius 3 is 1.57 bits per heavy atom. The summed E-state index contributed by atoms with van der Waals surface area (Å²) in [6.45, 7) is 28.8. The van der Waals surface area contributed by atoms with E-state index in [4.69, 9.17) is 4.52 Å². The molecule has 0 unspecified atom stereocenters. The van der Waals surface area contributed by atoms with Crippen molar-refractivity contribution in [2.45, 2.75) is 131 Å². The molecule has 0 aromatic carbocycles. The monoisotopic (exact) mass is 480 g/mol. The van der Waals surface area contributed by atoms with Gasteiger partial charge >= 0.3 is 0 Å². The molecule has 4 nitrogen and oxygen atoms in total. The van der Waals surface area contributed by atoms with Gasteiger partial charge in [-0.05, 0) is 83.1 Å². The van der Waals surface area contributed by atoms with Crippen molar-refractivity contribution in [2.24, 2.45) is 0 Å². The van der Waals surface area contributed by atoms with Gasteiger partial charge in [-0.3, -0.25) is 4.79 Å². The summed E-state index contributed by atoms with van der Waals surface area (Å²) in [4.78, 5) is 11.9. The minimum Gasteiger partial charge on any atom is -0.324 e. The molecule has 0 aromatic heterocycles. The van der Waals surface area contributed by atoms with E-state index in [9.17, 15) is 4.79 Å². The summed E-state index contributed by atoms with van der Waals surface area (Å²) in [6.07, 6.45) is 0.595. The smallest absolute Gasteiger partial charge is 0.189 e. The zero-order valence-electron chi connectivity index (χ0n) is 21.9.